The van der Waals surface area contributed by atoms with Crippen molar-refractivity contribution in [2.45, 2.75) is 45.3 Å². The summed E-state index contributed by atoms with van der Waals surface area (Å²) in [6, 6.07) is 0.110. The van der Waals surface area contributed by atoms with Gasteiger partial charge < -0.3 is 5.32 Å². The summed E-state index contributed by atoms with van der Waals surface area (Å²) in [7, 11) is 0. The Morgan fingerprint density at radius 2 is 2.16 bits per heavy atom. The summed E-state index contributed by atoms with van der Waals surface area (Å²) < 4.78 is 38.2. The molecule has 4 nitrogen and oxygen atoms in total. The highest BCUT2D eigenvalue weighted by atomic mass is 19.4. The fourth-order valence-corrected chi connectivity index (χ4v) is 1.56. The van der Waals surface area contributed by atoms with Crippen LogP contribution in [0.4, 0.5) is 13.2 Å². The zero-order chi connectivity index (χ0) is 14.5. The van der Waals surface area contributed by atoms with Gasteiger partial charge in [0.15, 0.2) is 5.69 Å². The third-order valence-corrected chi connectivity index (χ3v) is 2.75. The Morgan fingerprint density at radius 1 is 1.47 bits per heavy atom. The quantitative estimate of drug-likeness (QED) is 0.813. The van der Waals surface area contributed by atoms with Crippen LogP contribution in [0.2, 0.25) is 0 Å². The summed E-state index contributed by atoms with van der Waals surface area (Å²) in [5.41, 5.74) is -0.988. The molecule has 0 saturated carbocycles. The van der Waals surface area contributed by atoms with E-state index in [1.54, 1.807) is 0 Å². The number of carbonyl (C=O) groups excluding carboxylic acids is 1. The fourth-order valence-electron chi connectivity index (χ4n) is 1.56. The second-order valence-electron chi connectivity index (χ2n) is 4.35. The first kappa shape index (κ1) is 15.5. The number of carbonyl (C=O) groups is 1. The van der Waals surface area contributed by atoms with Gasteiger partial charge in [-0.1, -0.05) is 19.8 Å². The molecule has 1 aromatic rings. The molecule has 7 heteroatoms. The van der Waals surface area contributed by atoms with E-state index in [0.717, 1.165) is 30.0 Å². The lowest BCUT2D eigenvalue weighted by Crippen LogP contribution is -2.32. The number of hydrogen-bond donors (Lipinski definition) is 1. The van der Waals surface area contributed by atoms with Crippen molar-refractivity contribution in [1.82, 2.24) is 15.1 Å². The first-order valence-corrected chi connectivity index (χ1v) is 6.26. The number of rotatable bonds is 6. The van der Waals surface area contributed by atoms with Crippen molar-refractivity contribution in [2.75, 3.05) is 6.54 Å². The Balaban J connectivity index is 2.55. The molecular weight excluding hydrogens is 259 g/mol. The van der Waals surface area contributed by atoms with Crippen molar-refractivity contribution < 1.29 is 18.0 Å². The number of alkyl halides is 3. The average Bonchev–Trinajstić information content (AvgIpc) is 2.82. The molecule has 1 aromatic heterocycles. The average molecular weight is 277 g/mol. The molecule has 0 bridgehead atoms. The molecule has 108 valence electrons. The summed E-state index contributed by atoms with van der Waals surface area (Å²) in [6.07, 6.45) is -0.405. The summed E-state index contributed by atoms with van der Waals surface area (Å²) in [4.78, 5) is 11.7. The molecule has 0 aliphatic carbocycles. The molecule has 1 unspecified atom stereocenters. The Morgan fingerprint density at radius 3 is 2.68 bits per heavy atom. The molecule has 1 N–H and O–H groups in total. The summed E-state index contributed by atoms with van der Waals surface area (Å²) in [5.74, 6) is -0.326. The molecule has 0 aliphatic rings. The largest absolute Gasteiger partial charge is 0.435 e. The molecular formula is C12H18F3N3O. The molecule has 0 saturated heterocycles. The highest BCUT2D eigenvalue weighted by Crippen LogP contribution is 2.27. The molecule has 19 heavy (non-hydrogen) atoms. The van der Waals surface area contributed by atoms with Crippen molar-refractivity contribution in [2.24, 2.45) is 0 Å². The smallest absolute Gasteiger partial charge is 0.354 e. The highest BCUT2D eigenvalue weighted by molar-refractivity contribution is 5.79. The van der Waals surface area contributed by atoms with Crippen LogP contribution in [-0.4, -0.2) is 22.2 Å². The summed E-state index contributed by atoms with van der Waals surface area (Å²) in [5, 5.41) is 6.06. The maximum Gasteiger partial charge on any atom is 0.435 e. The van der Waals surface area contributed by atoms with Crippen molar-refractivity contribution in [3.63, 3.8) is 0 Å². The molecule has 0 fully saturated rings. The lowest BCUT2D eigenvalue weighted by molar-refractivity contribution is -0.142. The third-order valence-electron chi connectivity index (χ3n) is 2.75. The second-order valence-corrected chi connectivity index (χ2v) is 4.35. The van der Waals surface area contributed by atoms with Gasteiger partial charge in [0, 0.05) is 12.7 Å². The minimum atomic E-state index is -4.48. The van der Waals surface area contributed by atoms with E-state index in [1.807, 2.05) is 6.92 Å². The van der Waals surface area contributed by atoms with Gasteiger partial charge >= 0.3 is 6.18 Å². The Labute approximate surface area is 110 Å². The minimum Gasteiger partial charge on any atom is -0.354 e. The summed E-state index contributed by atoms with van der Waals surface area (Å²) in [6.45, 7) is 4.10. The third kappa shape index (κ3) is 4.57. The number of aromatic nitrogens is 2. The van der Waals surface area contributed by atoms with Crippen LogP contribution < -0.4 is 5.32 Å². The zero-order valence-corrected chi connectivity index (χ0v) is 11.0. The number of unbranched alkanes of at least 4 members (excludes halogenated alkanes) is 2. The fraction of sp³-hybridized carbons (Fsp3) is 0.667. The zero-order valence-electron chi connectivity index (χ0n) is 11.0. The standard InChI is InChI=1S/C12H18F3N3O/c1-3-4-5-7-16-11(19)9(2)18-8-6-10(17-18)12(13,14)15/h6,8-9H,3-5,7H2,1-2H3,(H,16,19). The molecule has 0 aliphatic heterocycles. The number of halogens is 3. The maximum absolute atomic E-state index is 12.4. The van der Waals surface area contributed by atoms with E-state index in [9.17, 15) is 18.0 Å². The van der Waals surface area contributed by atoms with Gasteiger partial charge in [0.2, 0.25) is 5.91 Å². The summed E-state index contributed by atoms with van der Waals surface area (Å²) >= 11 is 0. The molecule has 1 amide bonds. The highest BCUT2D eigenvalue weighted by Gasteiger charge is 2.34. The Kier molecular flexibility index (Phi) is 5.38. The predicted octanol–water partition coefficient (Wildman–Crippen LogP) is 2.77. The maximum atomic E-state index is 12.4. The van der Waals surface area contributed by atoms with E-state index in [0.29, 0.717) is 6.54 Å². The number of nitrogens with one attached hydrogen (secondary N) is 1. The van der Waals surface area contributed by atoms with Crippen LogP contribution in [0.5, 0.6) is 0 Å². The SMILES string of the molecule is CCCCCNC(=O)C(C)n1ccc(C(F)(F)F)n1. The predicted molar refractivity (Wildman–Crippen MR) is 64.5 cm³/mol. The van der Waals surface area contributed by atoms with E-state index in [4.69, 9.17) is 0 Å². The first-order chi connectivity index (χ1) is 8.86. The molecule has 0 aromatic carbocycles. The second kappa shape index (κ2) is 6.58. The minimum absolute atomic E-state index is 0.326. The topological polar surface area (TPSA) is 46.9 Å². The van der Waals surface area contributed by atoms with Crippen LogP contribution in [0, 0.1) is 0 Å². The van der Waals surface area contributed by atoms with Crippen LogP contribution >= 0.6 is 0 Å². The van der Waals surface area contributed by atoms with Crippen LogP contribution in [0.15, 0.2) is 12.3 Å². The van der Waals surface area contributed by atoms with Crippen molar-refractivity contribution in [3.05, 3.63) is 18.0 Å². The van der Waals surface area contributed by atoms with Gasteiger partial charge in [0.05, 0.1) is 0 Å². The van der Waals surface area contributed by atoms with Gasteiger partial charge in [-0.25, -0.2) is 0 Å². The van der Waals surface area contributed by atoms with Crippen LogP contribution in [0.1, 0.15) is 44.8 Å². The van der Waals surface area contributed by atoms with E-state index in [1.165, 1.54) is 13.1 Å². The number of nitrogens with zero attached hydrogens (tertiary/aromatic N) is 2. The first-order valence-electron chi connectivity index (χ1n) is 6.26. The van der Waals surface area contributed by atoms with Gasteiger partial charge in [0.1, 0.15) is 6.04 Å². The van der Waals surface area contributed by atoms with Crippen LogP contribution in [0.3, 0.4) is 0 Å². The van der Waals surface area contributed by atoms with E-state index < -0.39 is 17.9 Å². The van der Waals surface area contributed by atoms with Gasteiger partial charge in [-0.3, -0.25) is 9.48 Å². The number of amides is 1. The Bertz CT molecular complexity index is 415. The number of hydrogen-bond acceptors (Lipinski definition) is 2. The normalized spacial score (nSPS) is 13.3. The van der Waals surface area contributed by atoms with E-state index in [2.05, 4.69) is 10.4 Å². The lowest BCUT2D eigenvalue weighted by Gasteiger charge is -2.12. The molecule has 0 spiro atoms. The van der Waals surface area contributed by atoms with Gasteiger partial charge in [-0.15, -0.1) is 0 Å². The lowest BCUT2D eigenvalue weighted by atomic mass is 10.2. The van der Waals surface area contributed by atoms with Crippen LogP contribution in [-0.2, 0) is 11.0 Å². The molecule has 1 heterocycles. The van der Waals surface area contributed by atoms with Crippen molar-refractivity contribution in [1.29, 1.82) is 0 Å². The molecule has 1 atom stereocenters. The Hall–Kier alpha value is -1.53. The van der Waals surface area contributed by atoms with E-state index in [-0.39, 0.29) is 5.91 Å². The monoisotopic (exact) mass is 277 g/mol. The van der Waals surface area contributed by atoms with Gasteiger partial charge in [-0.05, 0) is 19.4 Å². The molecule has 1 rings (SSSR count). The van der Waals surface area contributed by atoms with Crippen molar-refractivity contribution >= 4 is 5.91 Å². The van der Waals surface area contributed by atoms with E-state index >= 15 is 0 Å². The van der Waals surface area contributed by atoms with Crippen LogP contribution in [0.25, 0.3) is 0 Å². The van der Waals surface area contributed by atoms with Gasteiger partial charge in [0.25, 0.3) is 0 Å². The molecule has 0 radical (unpaired) electrons. The van der Waals surface area contributed by atoms with Gasteiger partial charge in [-0.2, -0.15) is 18.3 Å². The van der Waals surface area contributed by atoms with Crippen molar-refractivity contribution in [3.8, 4) is 0 Å².